The first-order valence-corrected chi connectivity index (χ1v) is 6.93. The zero-order valence-corrected chi connectivity index (χ0v) is 12.1. The van der Waals surface area contributed by atoms with Gasteiger partial charge in [-0.25, -0.2) is 0 Å². The first kappa shape index (κ1) is 13.7. The van der Waals surface area contributed by atoms with E-state index in [0.29, 0.717) is 12.2 Å². The van der Waals surface area contributed by atoms with Gasteiger partial charge in [-0.1, -0.05) is 4.49 Å². The Labute approximate surface area is 116 Å². The van der Waals surface area contributed by atoms with Crippen molar-refractivity contribution in [2.24, 2.45) is 0 Å². The predicted octanol–water partition coefficient (Wildman–Crippen LogP) is 1.48. The van der Waals surface area contributed by atoms with Gasteiger partial charge in [-0.2, -0.15) is 5.10 Å². The van der Waals surface area contributed by atoms with Crippen LogP contribution in [0.4, 0.5) is 0 Å². The Hall–Kier alpha value is -1.76. The van der Waals surface area contributed by atoms with Crippen molar-refractivity contribution in [3.63, 3.8) is 0 Å². The molecule has 102 valence electrons. The number of carbonyl (C=O) groups is 1. The van der Waals surface area contributed by atoms with Gasteiger partial charge in [-0.15, -0.1) is 5.10 Å². The zero-order valence-electron chi connectivity index (χ0n) is 11.3. The molecule has 0 spiro atoms. The maximum atomic E-state index is 11.8. The van der Waals surface area contributed by atoms with Crippen LogP contribution in [0, 0.1) is 20.8 Å². The molecule has 0 aliphatic heterocycles. The number of aromatic nitrogens is 4. The van der Waals surface area contributed by atoms with E-state index in [9.17, 15) is 4.79 Å². The Morgan fingerprint density at radius 1 is 1.42 bits per heavy atom. The number of amides is 1. The molecule has 2 aromatic rings. The smallest absolute Gasteiger partial charge is 0.273 e. The van der Waals surface area contributed by atoms with Crippen molar-refractivity contribution in [3.8, 4) is 0 Å². The van der Waals surface area contributed by atoms with Crippen LogP contribution in [0.1, 0.15) is 33.2 Å². The third kappa shape index (κ3) is 3.37. The number of aryl methyl sites for hydroxylation is 4. The Balaban J connectivity index is 1.77. The lowest BCUT2D eigenvalue weighted by Gasteiger charge is -2.05. The van der Waals surface area contributed by atoms with E-state index in [0.717, 1.165) is 29.2 Å². The molecule has 0 aromatic carbocycles. The lowest BCUT2D eigenvalue weighted by Crippen LogP contribution is -2.26. The molecule has 0 atom stereocenters. The summed E-state index contributed by atoms with van der Waals surface area (Å²) in [4.78, 5) is 12.6. The summed E-state index contributed by atoms with van der Waals surface area (Å²) in [5, 5.41) is 11.0. The van der Waals surface area contributed by atoms with Crippen molar-refractivity contribution in [2.45, 2.75) is 33.7 Å². The third-order valence-corrected chi connectivity index (χ3v) is 3.43. The lowest BCUT2D eigenvalue weighted by molar-refractivity contribution is 0.0947. The number of carbonyl (C=O) groups excluding carboxylic acids is 1. The van der Waals surface area contributed by atoms with Gasteiger partial charge in [0.2, 0.25) is 0 Å². The molecule has 0 saturated carbocycles. The van der Waals surface area contributed by atoms with Crippen LogP contribution in [0.25, 0.3) is 0 Å². The molecule has 0 unspecified atom stereocenters. The van der Waals surface area contributed by atoms with Crippen LogP contribution in [0.3, 0.4) is 0 Å². The van der Waals surface area contributed by atoms with E-state index >= 15 is 0 Å². The Morgan fingerprint density at radius 2 is 2.21 bits per heavy atom. The first-order chi connectivity index (χ1) is 9.08. The van der Waals surface area contributed by atoms with E-state index < -0.39 is 0 Å². The van der Waals surface area contributed by atoms with Crippen molar-refractivity contribution in [3.05, 3.63) is 28.0 Å². The van der Waals surface area contributed by atoms with Gasteiger partial charge in [0, 0.05) is 18.8 Å². The molecule has 0 aliphatic rings. The lowest BCUT2D eigenvalue weighted by atomic mass is 10.3. The van der Waals surface area contributed by atoms with Crippen molar-refractivity contribution < 1.29 is 4.79 Å². The molecular weight excluding hydrogens is 262 g/mol. The Morgan fingerprint density at radius 3 is 2.79 bits per heavy atom. The highest BCUT2D eigenvalue weighted by Crippen LogP contribution is 2.07. The highest BCUT2D eigenvalue weighted by molar-refractivity contribution is 7.05. The third-order valence-electron chi connectivity index (χ3n) is 2.80. The molecule has 2 rings (SSSR count). The standard InChI is InChI=1S/C12H17N5OS/c1-8-7-9(2)17(15-8)6-4-5-13-12(18)11-10(3)19-16-14-11/h7H,4-6H2,1-3H3,(H,13,18). The fourth-order valence-electron chi connectivity index (χ4n) is 1.86. The summed E-state index contributed by atoms with van der Waals surface area (Å²) in [6.45, 7) is 7.25. The van der Waals surface area contributed by atoms with Gasteiger partial charge in [0.25, 0.3) is 5.91 Å². The largest absolute Gasteiger partial charge is 0.351 e. The monoisotopic (exact) mass is 279 g/mol. The van der Waals surface area contributed by atoms with Gasteiger partial charge < -0.3 is 5.32 Å². The maximum Gasteiger partial charge on any atom is 0.273 e. The van der Waals surface area contributed by atoms with Gasteiger partial charge in [-0.05, 0) is 44.8 Å². The molecule has 1 N–H and O–H groups in total. The Bertz CT molecular complexity index is 574. The fourth-order valence-corrected chi connectivity index (χ4v) is 2.32. The fraction of sp³-hybridized carbons (Fsp3) is 0.500. The van der Waals surface area contributed by atoms with Crippen LogP contribution in [0.15, 0.2) is 6.07 Å². The van der Waals surface area contributed by atoms with Crippen molar-refractivity contribution in [1.82, 2.24) is 24.7 Å². The average Bonchev–Trinajstić information content (AvgIpc) is 2.91. The summed E-state index contributed by atoms with van der Waals surface area (Å²) in [6.07, 6.45) is 0.838. The molecule has 0 fully saturated rings. The number of nitrogens with zero attached hydrogens (tertiary/aromatic N) is 4. The second-order valence-corrected chi connectivity index (χ2v) is 5.40. The van der Waals surface area contributed by atoms with Crippen LogP contribution in [0.5, 0.6) is 0 Å². The molecule has 7 heteroatoms. The number of nitrogens with one attached hydrogen (secondary N) is 1. The van der Waals surface area contributed by atoms with Gasteiger partial charge in [-0.3, -0.25) is 9.48 Å². The molecule has 1 amide bonds. The van der Waals surface area contributed by atoms with Gasteiger partial charge in [0.1, 0.15) is 0 Å². The molecule has 2 heterocycles. The normalized spacial score (nSPS) is 10.7. The molecule has 0 saturated heterocycles. The van der Waals surface area contributed by atoms with Crippen molar-refractivity contribution in [1.29, 1.82) is 0 Å². The Kier molecular flexibility index (Phi) is 4.26. The summed E-state index contributed by atoms with van der Waals surface area (Å²) in [5.74, 6) is -0.153. The van der Waals surface area contributed by atoms with E-state index in [-0.39, 0.29) is 5.91 Å². The quantitative estimate of drug-likeness (QED) is 0.841. The second kappa shape index (κ2) is 5.92. The molecule has 6 nitrogen and oxygen atoms in total. The van der Waals surface area contributed by atoms with E-state index in [1.807, 2.05) is 31.5 Å². The van der Waals surface area contributed by atoms with Crippen LogP contribution < -0.4 is 5.32 Å². The topological polar surface area (TPSA) is 72.7 Å². The predicted molar refractivity (Wildman–Crippen MR) is 73.3 cm³/mol. The molecule has 0 radical (unpaired) electrons. The minimum absolute atomic E-state index is 0.153. The van der Waals surface area contributed by atoms with Crippen molar-refractivity contribution >= 4 is 17.4 Å². The summed E-state index contributed by atoms with van der Waals surface area (Å²) in [6, 6.07) is 2.04. The molecular formula is C12H17N5OS. The van der Waals surface area contributed by atoms with Crippen LogP contribution in [-0.4, -0.2) is 31.8 Å². The maximum absolute atomic E-state index is 11.8. The van der Waals surface area contributed by atoms with Gasteiger partial charge in [0.05, 0.1) is 10.6 Å². The summed E-state index contributed by atoms with van der Waals surface area (Å²) in [7, 11) is 0. The summed E-state index contributed by atoms with van der Waals surface area (Å²) < 4.78 is 5.71. The minimum atomic E-state index is -0.153. The van der Waals surface area contributed by atoms with Crippen LogP contribution in [-0.2, 0) is 6.54 Å². The second-order valence-electron chi connectivity index (χ2n) is 4.44. The van der Waals surface area contributed by atoms with Gasteiger partial charge in [0.15, 0.2) is 5.69 Å². The van der Waals surface area contributed by atoms with Gasteiger partial charge >= 0.3 is 0 Å². The number of hydrogen-bond acceptors (Lipinski definition) is 5. The van der Waals surface area contributed by atoms with E-state index in [4.69, 9.17) is 0 Å². The van der Waals surface area contributed by atoms with E-state index in [1.54, 1.807) is 0 Å². The highest BCUT2D eigenvalue weighted by atomic mass is 32.1. The highest BCUT2D eigenvalue weighted by Gasteiger charge is 2.12. The average molecular weight is 279 g/mol. The SMILES string of the molecule is Cc1cc(C)n(CCCNC(=O)c2nnsc2C)n1. The number of rotatable bonds is 5. The molecule has 19 heavy (non-hydrogen) atoms. The molecule has 0 aliphatic carbocycles. The molecule has 2 aromatic heterocycles. The minimum Gasteiger partial charge on any atom is -0.351 e. The van der Waals surface area contributed by atoms with Crippen LogP contribution in [0.2, 0.25) is 0 Å². The zero-order chi connectivity index (χ0) is 13.8. The summed E-state index contributed by atoms with van der Waals surface area (Å²) >= 11 is 1.24. The molecule has 0 bridgehead atoms. The van der Waals surface area contributed by atoms with E-state index in [2.05, 4.69) is 20.0 Å². The van der Waals surface area contributed by atoms with Crippen LogP contribution >= 0.6 is 11.5 Å². The number of hydrogen-bond donors (Lipinski definition) is 1. The van der Waals surface area contributed by atoms with E-state index in [1.165, 1.54) is 11.5 Å². The summed E-state index contributed by atoms with van der Waals surface area (Å²) in [5.41, 5.74) is 2.59. The first-order valence-electron chi connectivity index (χ1n) is 6.16. The van der Waals surface area contributed by atoms with Crippen molar-refractivity contribution in [2.75, 3.05) is 6.54 Å².